The fourth-order valence-electron chi connectivity index (χ4n) is 2.36. The Labute approximate surface area is 154 Å². The highest BCUT2D eigenvalue weighted by atomic mass is 32.1. The van der Waals surface area contributed by atoms with Gasteiger partial charge in [0.15, 0.2) is 6.61 Å². The van der Waals surface area contributed by atoms with Crippen LogP contribution >= 0.6 is 11.3 Å². The lowest BCUT2D eigenvalue weighted by atomic mass is 10.1. The van der Waals surface area contributed by atoms with Crippen LogP contribution in [-0.4, -0.2) is 23.4 Å². The summed E-state index contributed by atoms with van der Waals surface area (Å²) in [5.41, 5.74) is 8.07. The number of aryl methyl sites for hydroxylation is 1. The van der Waals surface area contributed by atoms with E-state index >= 15 is 0 Å². The first-order valence-electron chi connectivity index (χ1n) is 7.87. The minimum Gasteiger partial charge on any atom is -0.483 e. The number of anilines is 1. The van der Waals surface area contributed by atoms with E-state index in [2.05, 4.69) is 10.3 Å². The molecule has 2 aromatic carbocycles. The molecule has 2 amide bonds. The van der Waals surface area contributed by atoms with Gasteiger partial charge in [-0.15, -0.1) is 11.3 Å². The van der Waals surface area contributed by atoms with Gasteiger partial charge in [0.25, 0.3) is 11.8 Å². The van der Waals surface area contributed by atoms with E-state index in [1.807, 2.05) is 24.4 Å². The number of nitrogens with two attached hydrogens (primary N) is 1. The topological polar surface area (TPSA) is 94.3 Å². The summed E-state index contributed by atoms with van der Waals surface area (Å²) in [7, 11) is 0. The van der Waals surface area contributed by atoms with E-state index in [9.17, 15) is 9.59 Å². The Kier molecular flexibility index (Phi) is 5.28. The third-order valence-corrected chi connectivity index (χ3v) is 4.37. The van der Waals surface area contributed by atoms with Crippen molar-refractivity contribution in [3.63, 3.8) is 0 Å². The lowest BCUT2D eigenvalue weighted by molar-refractivity contribution is -0.118. The van der Waals surface area contributed by atoms with Crippen LogP contribution in [0.3, 0.4) is 0 Å². The summed E-state index contributed by atoms with van der Waals surface area (Å²) in [5.74, 6) is -0.653. The second-order valence-electron chi connectivity index (χ2n) is 5.53. The zero-order valence-electron chi connectivity index (χ0n) is 14.1. The van der Waals surface area contributed by atoms with Crippen LogP contribution in [0.5, 0.6) is 5.75 Å². The van der Waals surface area contributed by atoms with Crippen molar-refractivity contribution in [2.75, 3.05) is 11.9 Å². The molecule has 0 saturated heterocycles. The van der Waals surface area contributed by atoms with Crippen LogP contribution in [0, 0.1) is 6.92 Å². The molecule has 0 aliphatic carbocycles. The molecule has 0 aliphatic heterocycles. The number of carbonyl (C=O) groups is 2. The fraction of sp³-hybridized carbons (Fsp3) is 0.105. The number of rotatable bonds is 6. The van der Waals surface area contributed by atoms with Gasteiger partial charge < -0.3 is 15.8 Å². The molecule has 0 bridgehead atoms. The summed E-state index contributed by atoms with van der Waals surface area (Å²) >= 11 is 1.59. The summed E-state index contributed by atoms with van der Waals surface area (Å²) < 4.78 is 5.41. The number of thiazole rings is 1. The van der Waals surface area contributed by atoms with Gasteiger partial charge in [0, 0.05) is 16.6 Å². The molecule has 6 nitrogen and oxygen atoms in total. The number of aromatic nitrogens is 1. The zero-order valence-corrected chi connectivity index (χ0v) is 14.9. The van der Waals surface area contributed by atoms with Crippen molar-refractivity contribution in [2.24, 2.45) is 5.73 Å². The molecule has 0 fully saturated rings. The summed E-state index contributed by atoms with van der Waals surface area (Å²) in [6.07, 6.45) is 0. The number of hydrogen-bond donors (Lipinski definition) is 2. The Bertz CT molecular complexity index is 935. The second-order valence-corrected chi connectivity index (χ2v) is 6.59. The van der Waals surface area contributed by atoms with Gasteiger partial charge >= 0.3 is 0 Å². The van der Waals surface area contributed by atoms with Gasteiger partial charge in [0.05, 0.1) is 16.3 Å². The number of ether oxygens (including phenoxy) is 1. The van der Waals surface area contributed by atoms with Gasteiger partial charge in [-0.2, -0.15) is 0 Å². The highest BCUT2D eigenvalue weighted by molar-refractivity contribution is 7.09. The predicted octanol–water partition coefficient (Wildman–Crippen LogP) is 3.23. The first-order valence-corrected chi connectivity index (χ1v) is 8.75. The number of para-hydroxylation sites is 1. The molecule has 3 N–H and O–H groups in total. The van der Waals surface area contributed by atoms with Crippen LogP contribution in [0.25, 0.3) is 11.3 Å². The molecule has 0 atom stereocenters. The molecule has 132 valence electrons. The van der Waals surface area contributed by atoms with E-state index in [0.29, 0.717) is 5.69 Å². The minimum absolute atomic E-state index is 0.225. The maximum absolute atomic E-state index is 12.1. The average molecular weight is 367 g/mol. The number of carbonyl (C=O) groups excluding carboxylic acids is 2. The van der Waals surface area contributed by atoms with Crippen molar-refractivity contribution in [3.05, 3.63) is 64.5 Å². The number of amides is 2. The van der Waals surface area contributed by atoms with E-state index in [4.69, 9.17) is 10.5 Å². The highest BCUT2D eigenvalue weighted by Crippen LogP contribution is 2.23. The third kappa shape index (κ3) is 4.25. The number of primary amides is 1. The molecular weight excluding hydrogens is 350 g/mol. The first-order chi connectivity index (χ1) is 12.5. The normalized spacial score (nSPS) is 10.3. The molecule has 0 radical (unpaired) electrons. The van der Waals surface area contributed by atoms with Gasteiger partial charge in [0.1, 0.15) is 5.75 Å². The van der Waals surface area contributed by atoms with Crippen molar-refractivity contribution in [1.29, 1.82) is 0 Å². The van der Waals surface area contributed by atoms with E-state index in [0.717, 1.165) is 16.3 Å². The lowest BCUT2D eigenvalue weighted by Gasteiger charge is -2.10. The largest absolute Gasteiger partial charge is 0.483 e. The first kappa shape index (κ1) is 17.6. The molecule has 0 unspecified atom stereocenters. The number of nitrogens with zero attached hydrogens (tertiary/aromatic N) is 1. The zero-order chi connectivity index (χ0) is 18.5. The summed E-state index contributed by atoms with van der Waals surface area (Å²) in [4.78, 5) is 27.8. The van der Waals surface area contributed by atoms with Gasteiger partial charge in [-0.1, -0.05) is 24.3 Å². The SMILES string of the molecule is Cc1nc(-c2ccc(NC(=O)COc3ccccc3C(N)=O)cc2)cs1. The Morgan fingerprint density at radius 3 is 2.54 bits per heavy atom. The van der Waals surface area contributed by atoms with Gasteiger partial charge in [-0.05, 0) is 31.2 Å². The quantitative estimate of drug-likeness (QED) is 0.699. The van der Waals surface area contributed by atoms with Crippen molar-refractivity contribution in [1.82, 2.24) is 4.98 Å². The predicted molar refractivity (Wildman–Crippen MR) is 101 cm³/mol. The van der Waals surface area contributed by atoms with Crippen LogP contribution in [0.4, 0.5) is 5.69 Å². The molecule has 3 aromatic rings. The van der Waals surface area contributed by atoms with Crippen LogP contribution < -0.4 is 15.8 Å². The molecule has 0 saturated carbocycles. The van der Waals surface area contributed by atoms with Gasteiger partial charge in [-0.25, -0.2) is 4.98 Å². The molecule has 3 rings (SSSR count). The molecular formula is C19H17N3O3S. The maximum Gasteiger partial charge on any atom is 0.262 e. The minimum atomic E-state index is -0.603. The van der Waals surface area contributed by atoms with Crippen LogP contribution in [0.2, 0.25) is 0 Å². The fourth-order valence-corrected chi connectivity index (χ4v) is 2.98. The Hall–Kier alpha value is -3.19. The van der Waals surface area contributed by atoms with E-state index in [-0.39, 0.29) is 23.8 Å². The van der Waals surface area contributed by atoms with Gasteiger partial charge in [-0.3, -0.25) is 9.59 Å². The lowest BCUT2D eigenvalue weighted by Crippen LogP contribution is -2.21. The molecule has 1 aromatic heterocycles. The smallest absolute Gasteiger partial charge is 0.262 e. The van der Waals surface area contributed by atoms with E-state index < -0.39 is 5.91 Å². The van der Waals surface area contributed by atoms with Crippen molar-refractivity contribution in [2.45, 2.75) is 6.92 Å². The summed E-state index contributed by atoms with van der Waals surface area (Å²) in [5, 5.41) is 5.75. The van der Waals surface area contributed by atoms with Crippen LogP contribution in [0.1, 0.15) is 15.4 Å². The van der Waals surface area contributed by atoms with Crippen molar-refractivity contribution < 1.29 is 14.3 Å². The summed E-state index contributed by atoms with van der Waals surface area (Å²) in [6, 6.07) is 13.9. The Balaban J connectivity index is 1.59. The third-order valence-electron chi connectivity index (χ3n) is 3.59. The highest BCUT2D eigenvalue weighted by Gasteiger charge is 2.10. The molecule has 1 heterocycles. The molecule has 0 aliphatic rings. The summed E-state index contributed by atoms with van der Waals surface area (Å²) in [6.45, 7) is 1.73. The number of nitrogens with one attached hydrogen (secondary N) is 1. The van der Waals surface area contributed by atoms with E-state index in [1.54, 1.807) is 47.7 Å². The molecule has 26 heavy (non-hydrogen) atoms. The van der Waals surface area contributed by atoms with Crippen LogP contribution in [-0.2, 0) is 4.79 Å². The molecule has 0 spiro atoms. The maximum atomic E-state index is 12.1. The van der Waals surface area contributed by atoms with Crippen LogP contribution in [0.15, 0.2) is 53.9 Å². The monoisotopic (exact) mass is 367 g/mol. The second kappa shape index (κ2) is 7.79. The number of hydrogen-bond acceptors (Lipinski definition) is 5. The standard InChI is InChI=1S/C19H17N3O3S/c1-12-21-16(11-26-12)13-6-8-14(9-7-13)22-18(23)10-25-17-5-3-2-4-15(17)19(20)24/h2-9,11H,10H2,1H3,(H2,20,24)(H,22,23). The van der Waals surface area contributed by atoms with Crippen molar-refractivity contribution in [3.8, 4) is 17.0 Å². The molecule has 7 heteroatoms. The van der Waals surface area contributed by atoms with Gasteiger partial charge in [0.2, 0.25) is 0 Å². The van der Waals surface area contributed by atoms with Crippen molar-refractivity contribution >= 4 is 28.8 Å². The average Bonchev–Trinajstić information content (AvgIpc) is 3.07. The Morgan fingerprint density at radius 1 is 1.15 bits per heavy atom. The Morgan fingerprint density at radius 2 is 1.88 bits per heavy atom. The van der Waals surface area contributed by atoms with E-state index in [1.165, 1.54) is 0 Å². The number of benzene rings is 2.